The maximum atomic E-state index is 12.3. The third-order valence-electron chi connectivity index (χ3n) is 3.37. The van der Waals surface area contributed by atoms with Crippen molar-refractivity contribution in [3.05, 3.63) is 34.2 Å². The number of rotatable bonds is 2. The number of halogens is 2. The first-order chi connectivity index (χ1) is 10.8. The number of anilines is 1. The largest absolute Gasteiger partial charge is 0.431 e. The average molecular weight is 373 g/mol. The SMILES string of the molecule is CC(C)(C)c1coc(N2C(=O)CSC2c2c(Cl)ncnc2Cl)n1. The molecule has 1 saturated heterocycles. The van der Waals surface area contributed by atoms with Crippen LogP contribution in [0, 0.1) is 0 Å². The molecule has 0 spiro atoms. The van der Waals surface area contributed by atoms with E-state index in [0.717, 1.165) is 5.69 Å². The molecule has 9 heteroatoms. The number of oxazole rings is 1. The molecule has 0 saturated carbocycles. The van der Waals surface area contributed by atoms with Crippen LogP contribution in [0.2, 0.25) is 10.3 Å². The fourth-order valence-electron chi connectivity index (χ4n) is 2.12. The number of nitrogens with zero attached hydrogens (tertiary/aromatic N) is 4. The number of hydrogen-bond acceptors (Lipinski definition) is 6. The highest BCUT2D eigenvalue weighted by Crippen LogP contribution is 2.45. The van der Waals surface area contributed by atoms with Crippen LogP contribution < -0.4 is 4.90 Å². The van der Waals surface area contributed by atoms with Crippen LogP contribution in [-0.4, -0.2) is 26.6 Å². The molecular formula is C14H14Cl2N4O2S. The van der Waals surface area contributed by atoms with Crippen molar-refractivity contribution in [3.63, 3.8) is 0 Å². The van der Waals surface area contributed by atoms with Gasteiger partial charge in [-0.15, -0.1) is 11.8 Å². The molecule has 2 aromatic rings. The van der Waals surface area contributed by atoms with Gasteiger partial charge in [-0.3, -0.25) is 4.79 Å². The molecule has 1 fully saturated rings. The van der Waals surface area contributed by atoms with Crippen molar-refractivity contribution < 1.29 is 9.21 Å². The molecule has 1 amide bonds. The topological polar surface area (TPSA) is 72.1 Å². The summed E-state index contributed by atoms with van der Waals surface area (Å²) in [6.07, 6.45) is 2.84. The minimum absolute atomic E-state index is 0.127. The zero-order valence-corrected chi connectivity index (χ0v) is 15.0. The second kappa shape index (κ2) is 5.96. The van der Waals surface area contributed by atoms with E-state index in [0.29, 0.717) is 5.56 Å². The Morgan fingerprint density at radius 3 is 2.52 bits per heavy atom. The maximum Gasteiger partial charge on any atom is 0.305 e. The lowest BCUT2D eigenvalue weighted by Gasteiger charge is -2.21. The first-order valence-electron chi connectivity index (χ1n) is 6.84. The van der Waals surface area contributed by atoms with Crippen LogP contribution in [0.15, 0.2) is 17.0 Å². The fraction of sp³-hybridized carbons (Fsp3) is 0.429. The Kier molecular flexibility index (Phi) is 4.29. The lowest BCUT2D eigenvalue weighted by molar-refractivity contribution is -0.116. The number of aromatic nitrogens is 3. The van der Waals surface area contributed by atoms with Crippen LogP contribution in [0.1, 0.15) is 37.4 Å². The van der Waals surface area contributed by atoms with Crippen molar-refractivity contribution in [1.82, 2.24) is 15.0 Å². The Morgan fingerprint density at radius 1 is 1.30 bits per heavy atom. The van der Waals surface area contributed by atoms with Crippen LogP contribution in [0.5, 0.6) is 0 Å². The van der Waals surface area contributed by atoms with Crippen LogP contribution in [0.25, 0.3) is 0 Å². The van der Waals surface area contributed by atoms with Crippen LogP contribution in [-0.2, 0) is 10.2 Å². The van der Waals surface area contributed by atoms with Gasteiger partial charge in [0.25, 0.3) is 0 Å². The Hall–Kier alpha value is -1.31. The highest BCUT2D eigenvalue weighted by Gasteiger charge is 2.40. The van der Waals surface area contributed by atoms with Gasteiger partial charge in [0.15, 0.2) is 0 Å². The van der Waals surface area contributed by atoms with Gasteiger partial charge in [-0.2, -0.15) is 4.98 Å². The molecule has 2 aromatic heterocycles. The monoisotopic (exact) mass is 372 g/mol. The summed E-state index contributed by atoms with van der Waals surface area (Å²) in [5.74, 6) is 0.151. The molecule has 3 heterocycles. The molecule has 1 atom stereocenters. The van der Waals surface area contributed by atoms with Crippen LogP contribution in [0.4, 0.5) is 6.01 Å². The zero-order chi connectivity index (χ0) is 16.8. The van der Waals surface area contributed by atoms with Gasteiger partial charge < -0.3 is 4.42 Å². The van der Waals surface area contributed by atoms with E-state index in [1.165, 1.54) is 23.0 Å². The number of carbonyl (C=O) groups excluding carboxylic acids is 1. The summed E-state index contributed by atoms with van der Waals surface area (Å²) in [6.45, 7) is 6.06. The first kappa shape index (κ1) is 16.5. The van der Waals surface area contributed by atoms with Crippen molar-refractivity contribution in [2.24, 2.45) is 0 Å². The minimum atomic E-state index is -0.463. The van der Waals surface area contributed by atoms with Gasteiger partial charge in [0, 0.05) is 5.41 Å². The molecule has 1 aliphatic heterocycles. The standard InChI is InChI=1S/C14H14Cl2N4O2S/c1-14(2,3)7-4-22-13(19-7)20-8(21)5-23-12(20)9-10(15)17-6-18-11(9)16/h4,6,12H,5H2,1-3H3. The zero-order valence-electron chi connectivity index (χ0n) is 12.7. The molecule has 3 rings (SSSR count). The predicted molar refractivity (Wildman–Crippen MR) is 89.9 cm³/mol. The molecule has 0 radical (unpaired) electrons. The Bertz CT molecular complexity index is 739. The third-order valence-corrected chi connectivity index (χ3v) is 5.15. The average Bonchev–Trinajstić information content (AvgIpc) is 3.05. The lowest BCUT2D eigenvalue weighted by atomic mass is 9.93. The summed E-state index contributed by atoms with van der Waals surface area (Å²) < 4.78 is 5.53. The van der Waals surface area contributed by atoms with Gasteiger partial charge in [-0.25, -0.2) is 14.9 Å². The molecular weight excluding hydrogens is 359 g/mol. The van der Waals surface area contributed by atoms with Crippen LogP contribution >= 0.6 is 35.0 Å². The Morgan fingerprint density at radius 2 is 1.96 bits per heavy atom. The van der Waals surface area contributed by atoms with Crippen molar-refractivity contribution in [1.29, 1.82) is 0 Å². The van der Waals surface area contributed by atoms with E-state index in [9.17, 15) is 4.79 Å². The number of hydrogen-bond donors (Lipinski definition) is 0. The molecule has 0 aromatic carbocycles. The van der Waals surface area contributed by atoms with Crippen LogP contribution in [0.3, 0.4) is 0 Å². The predicted octanol–water partition coefficient (Wildman–Crippen LogP) is 3.85. The van der Waals surface area contributed by atoms with Crippen molar-refractivity contribution in [2.45, 2.75) is 31.6 Å². The summed E-state index contributed by atoms with van der Waals surface area (Å²) in [5, 5.41) is -0.0372. The van der Waals surface area contributed by atoms with Gasteiger partial charge in [0.05, 0.1) is 17.0 Å². The molecule has 1 unspecified atom stereocenters. The highest BCUT2D eigenvalue weighted by molar-refractivity contribution is 8.00. The van der Waals surface area contributed by atoms with Gasteiger partial charge in [0.1, 0.15) is 28.3 Å². The Balaban J connectivity index is 2.03. The normalized spacial score (nSPS) is 18.7. The smallest absolute Gasteiger partial charge is 0.305 e. The second-order valence-corrected chi connectivity index (χ2v) is 7.85. The Labute approximate surface area is 147 Å². The summed E-state index contributed by atoms with van der Waals surface area (Å²) in [6, 6.07) is 0.228. The van der Waals surface area contributed by atoms with Gasteiger partial charge >= 0.3 is 6.01 Å². The van der Waals surface area contributed by atoms with E-state index in [1.807, 2.05) is 20.8 Å². The van der Waals surface area contributed by atoms with E-state index in [1.54, 1.807) is 6.26 Å². The molecule has 0 bridgehead atoms. The lowest BCUT2D eigenvalue weighted by Crippen LogP contribution is -2.29. The number of carbonyl (C=O) groups is 1. The second-order valence-electron chi connectivity index (χ2n) is 6.06. The highest BCUT2D eigenvalue weighted by atomic mass is 35.5. The van der Waals surface area contributed by atoms with Gasteiger partial charge in [-0.05, 0) is 0 Å². The molecule has 0 aliphatic carbocycles. The van der Waals surface area contributed by atoms with E-state index in [2.05, 4.69) is 15.0 Å². The fourth-order valence-corrected chi connectivity index (χ4v) is 3.96. The van der Waals surface area contributed by atoms with E-state index in [4.69, 9.17) is 27.6 Å². The minimum Gasteiger partial charge on any atom is -0.431 e. The van der Waals surface area contributed by atoms with E-state index in [-0.39, 0.29) is 33.4 Å². The van der Waals surface area contributed by atoms with Gasteiger partial charge in [0.2, 0.25) is 5.91 Å². The van der Waals surface area contributed by atoms with Crippen molar-refractivity contribution >= 4 is 46.9 Å². The quantitative estimate of drug-likeness (QED) is 0.745. The van der Waals surface area contributed by atoms with Crippen molar-refractivity contribution in [3.8, 4) is 0 Å². The van der Waals surface area contributed by atoms with E-state index >= 15 is 0 Å². The van der Waals surface area contributed by atoms with Gasteiger partial charge in [-0.1, -0.05) is 44.0 Å². The number of thioether (sulfide) groups is 1. The summed E-state index contributed by atoms with van der Waals surface area (Å²) in [5.41, 5.74) is 1.07. The molecule has 1 aliphatic rings. The number of amides is 1. The third kappa shape index (κ3) is 3.05. The summed E-state index contributed by atoms with van der Waals surface area (Å²) in [4.78, 5) is 26.1. The maximum absolute atomic E-state index is 12.3. The molecule has 0 N–H and O–H groups in total. The molecule has 122 valence electrons. The summed E-state index contributed by atoms with van der Waals surface area (Å²) >= 11 is 13.7. The van der Waals surface area contributed by atoms with Crippen molar-refractivity contribution in [2.75, 3.05) is 10.7 Å². The molecule has 6 nitrogen and oxygen atoms in total. The summed E-state index contributed by atoms with van der Waals surface area (Å²) in [7, 11) is 0. The first-order valence-corrected chi connectivity index (χ1v) is 8.65. The molecule has 23 heavy (non-hydrogen) atoms. The van der Waals surface area contributed by atoms with E-state index < -0.39 is 5.37 Å².